The Morgan fingerprint density at radius 1 is 1.35 bits per heavy atom. The third-order valence-corrected chi connectivity index (χ3v) is 5.98. The molecule has 0 saturated carbocycles. The van der Waals surface area contributed by atoms with Crippen LogP contribution >= 0.6 is 0 Å². The molecule has 1 aliphatic heterocycles. The summed E-state index contributed by atoms with van der Waals surface area (Å²) >= 11 is 0. The Morgan fingerprint density at radius 2 is 2.00 bits per heavy atom. The highest BCUT2D eigenvalue weighted by molar-refractivity contribution is 5.83. The van der Waals surface area contributed by atoms with E-state index in [4.69, 9.17) is 15.2 Å². The fourth-order valence-electron chi connectivity index (χ4n) is 4.35. The minimum atomic E-state index is -0.856. The van der Waals surface area contributed by atoms with Gasteiger partial charge in [0.15, 0.2) is 0 Å². The predicted octanol–water partition coefficient (Wildman–Crippen LogP) is 4.55. The molecule has 8 atom stereocenters. The van der Waals surface area contributed by atoms with Gasteiger partial charge in [-0.25, -0.2) is 9.59 Å². The van der Waals surface area contributed by atoms with E-state index in [0.29, 0.717) is 6.42 Å². The molecule has 31 heavy (non-hydrogen) atoms. The number of esters is 1. The number of primary amides is 1. The lowest BCUT2D eigenvalue weighted by Gasteiger charge is -2.33. The van der Waals surface area contributed by atoms with Crippen LogP contribution in [-0.2, 0) is 14.3 Å². The number of ether oxygens (including phenoxy) is 2. The second kappa shape index (κ2) is 12.5. The molecule has 3 N–H and O–H groups in total. The highest BCUT2D eigenvalue weighted by atomic mass is 16.6. The molecule has 1 amide bonds. The van der Waals surface area contributed by atoms with Crippen LogP contribution in [0, 0.1) is 29.6 Å². The van der Waals surface area contributed by atoms with Gasteiger partial charge in [-0.15, -0.1) is 0 Å². The molecule has 1 aliphatic rings. The number of rotatable bonds is 11. The highest BCUT2D eigenvalue weighted by Crippen LogP contribution is 2.29. The molecule has 6 nitrogen and oxygen atoms in total. The Bertz CT molecular complexity index is 711. The average molecular weight is 434 g/mol. The summed E-state index contributed by atoms with van der Waals surface area (Å²) < 4.78 is 10.8. The van der Waals surface area contributed by atoms with Crippen LogP contribution < -0.4 is 5.73 Å². The summed E-state index contributed by atoms with van der Waals surface area (Å²) in [5.74, 6) is -0.619. The molecule has 0 spiro atoms. The minimum absolute atomic E-state index is 0.0562. The van der Waals surface area contributed by atoms with Gasteiger partial charge in [0.1, 0.15) is 12.2 Å². The summed E-state index contributed by atoms with van der Waals surface area (Å²) in [4.78, 5) is 23.0. The molecule has 1 heterocycles. The summed E-state index contributed by atoms with van der Waals surface area (Å²) in [7, 11) is 0. The lowest BCUT2D eigenvalue weighted by molar-refractivity contribution is -0.148. The standard InChI is InChI=1S/C25H39NO5/c1-8-9-10-16(3)24(31-25(26)29)20(7)22(28)18(5)13-15(2)14-19(6)23-17(4)11-12-21(27)30-23/h8-12,14,16-20,22-24,28H,1,13H2,2-7H3,(H2,26,29)/b10-9+,15-14+. The second-order valence-corrected chi connectivity index (χ2v) is 8.90. The van der Waals surface area contributed by atoms with Crippen LogP contribution in [0.4, 0.5) is 4.79 Å². The first kappa shape index (κ1) is 26.7. The molecule has 0 aromatic carbocycles. The molecule has 0 saturated heterocycles. The second-order valence-electron chi connectivity index (χ2n) is 8.90. The van der Waals surface area contributed by atoms with E-state index < -0.39 is 18.3 Å². The Morgan fingerprint density at radius 3 is 2.58 bits per heavy atom. The van der Waals surface area contributed by atoms with Crippen LogP contribution in [-0.4, -0.2) is 35.5 Å². The van der Waals surface area contributed by atoms with Gasteiger partial charge < -0.3 is 20.3 Å². The van der Waals surface area contributed by atoms with Gasteiger partial charge in [-0.1, -0.05) is 77.2 Å². The van der Waals surface area contributed by atoms with Crippen LogP contribution in [0.5, 0.6) is 0 Å². The van der Waals surface area contributed by atoms with Crippen molar-refractivity contribution in [1.29, 1.82) is 0 Å². The number of hydrogen-bond donors (Lipinski definition) is 2. The van der Waals surface area contributed by atoms with E-state index in [9.17, 15) is 14.7 Å². The van der Waals surface area contributed by atoms with Crippen LogP contribution in [0.25, 0.3) is 0 Å². The summed E-state index contributed by atoms with van der Waals surface area (Å²) in [5, 5.41) is 11.0. The molecule has 0 fully saturated rings. The number of allylic oxidation sites excluding steroid dienone is 3. The van der Waals surface area contributed by atoms with Gasteiger partial charge in [-0.2, -0.15) is 0 Å². The number of aliphatic hydroxyl groups is 1. The Balaban J connectivity index is 2.83. The molecule has 0 aromatic heterocycles. The van der Waals surface area contributed by atoms with Crippen molar-refractivity contribution in [2.75, 3.05) is 0 Å². The first-order valence-corrected chi connectivity index (χ1v) is 11.0. The van der Waals surface area contributed by atoms with Crippen molar-refractivity contribution < 1.29 is 24.2 Å². The molecule has 8 unspecified atom stereocenters. The summed E-state index contributed by atoms with van der Waals surface area (Å²) in [6, 6.07) is 0. The Hall–Kier alpha value is -2.34. The Labute approximate surface area is 186 Å². The molecule has 0 radical (unpaired) electrons. The molecule has 0 aliphatic carbocycles. The van der Waals surface area contributed by atoms with Crippen molar-refractivity contribution in [2.45, 2.75) is 66.3 Å². The number of amides is 1. The van der Waals surface area contributed by atoms with Crippen molar-refractivity contribution in [1.82, 2.24) is 0 Å². The fraction of sp³-hybridized carbons (Fsp3) is 0.600. The third-order valence-electron chi connectivity index (χ3n) is 5.98. The highest BCUT2D eigenvalue weighted by Gasteiger charge is 2.33. The minimum Gasteiger partial charge on any atom is -0.458 e. The zero-order valence-corrected chi connectivity index (χ0v) is 19.7. The average Bonchev–Trinajstić information content (AvgIpc) is 2.70. The normalized spacial score (nSPS) is 25.3. The quantitative estimate of drug-likeness (QED) is 0.283. The number of carbonyl (C=O) groups excluding carboxylic acids is 2. The van der Waals surface area contributed by atoms with E-state index in [1.165, 1.54) is 6.08 Å². The zero-order chi connectivity index (χ0) is 23.7. The first-order chi connectivity index (χ1) is 14.5. The largest absolute Gasteiger partial charge is 0.458 e. The van der Waals surface area contributed by atoms with Crippen LogP contribution in [0.2, 0.25) is 0 Å². The van der Waals surface area contributed by atoms with Gasteiger partial charge in [-0.05, 0) is 19.3 Å². The van der Waals surface area contributed by atoms with Gasteiger partial charge >= 0.3 is 12.1 Å². The predicted molar refractivity (Wildman–Crippen MR) is 123 cm³/mol. The molecular formula is C25H39NO5. The topological polar surface area (TPSA) is 98.8 Å². The van der Waals surface area contributed by atoms with Crippen molar-refractivity contribution in [3.8, 4) is 0 Å². The maximum Gasteiger partial charge on any atom is 0.404 e. The number of aliphatic hydroxyl groups excluding tert-OH is 1. The summed E-state index contributed by atoms with van der Waals surface area (Å²) in [6.45, 7) is 15.5. The van der Waals surface area contributed by atoms with Crippen LogP contribution in [0.15, 0.2) is 48.6 Å². The maximum atomic E-state index is 11.6. The zero-order valence-electron chi connectivity index (χ0n) is 19.7. The van der Waals surface area contributed by atoms with E-state index in [0.717, 1.165) is 5.57 Å². The number of cyclic esters (lactones) is 1. The van der Waals surface area contributed by atoms with Crippen molar-refractivity contribution >= 4 is 12.1 Å². The fourth-order valence-corrected chi connectivity index (χ4v) is 4.35. The van der Waals surface area contributed by atoms with Crippen molar-refractivity contribution in [2.24, 2.45) is 35.3 Å². The van der Waals surface area contributed by atoms with E-state index in [-0.39, 0.29) is 41.7 Å². The SMILES string of the molecule is C=C/C=C/C(C)C(OC(N)=O)C(C)C(O)C(C)C/C(C)=C/C(C)C1OC(=O)C=CC1C. The molecule has 0 aromatic rings. The van der Waals surface area contributed by atoms with Gasteiger partial charge in [0.25, 0.3) is 0 Å². The molecule has 174 valence electrons. The lowest BCUT2D eigenvalue weighted by Crippen LogP contribution is -2.41. The van der Waals surface area contributed by atoms with Crippen LogP contribution in [0.1, 0.15) is 48.0 Å². The van der Waals surface area contributed by atoms with Gasteiger partial charge in [0, 0.05) is 29.7 Å². The lowest BCUT2D eigenvalue weighted by atomic mass is 9.81. The summed E-state index contributed by atoms with van der Waals surface area (Å²) in [6.07, 6.45) is 9.14. The van der Waals surface area contributed by atoms with Gasteiger partial charge in [0.05, 0.1) is 6.10 Å². The molecule has 0 bridgehead atoms. The number of carbonyl (C=O) groups is 2. The van der Waals surface area contributed by atoms with E-state index in [1.54, 1.807) is 12.2 Å². The van der Waals surface area contributed by atoms with Crippen molar-refractivity contribution in [3.63, 3.8) is 0 Å². The molecule has 1 rings (SSSR count). The molecular weight excluding hydrogens is 394 g/mol. The Kier molecular flexibility index (Phi) is 10.8. The van der Waals surface area contributed by atoms with Gasteiger partial charge in [-0.3, -0.25) is 0 Å². The van der Waals surface area contributed by atoms with Crippen molar-refractivity contribution in [3.05, 3.63) is 48.6 Å². The van der Waals surface area contributed by atoms with E-state index >= 15 is 0 Å². The van der Waals surface area contributed by atoms with E-state index in [2.05, 4.69) is 12.7 Å². The number of hydrogen-bond acceptors (Lipinski definition) is 5. The maximum absolute atomic E-state index is 11.6. The number of nitrogens with two attached hydrogens (primary N) is 1. The molecule has 6 heteroatoms. The first-order valence-electron chi connectivity index (χ1n) is 11.0. The van der Waals surface area contributed by atoms with Crippen LogP contribution in [0.3, 0.4) is 0 Å². The van der Waals surface area contributed by atoms with E-state index in [1.807, 2.05) is 53.7 Å². The monoisotopic (exact) mass is 433 g/mol. The van der Waals surface area contributed by atoms with Gasteiger partial charge in [0.2, 0.25) is 0 Å². The summed E-state index contributed by atoms with van der Waals surface area (Å²) in [5.41, 5.74) is 6.37. The third kappa shape index (κ3) is 8.37. The smallest absolute Gasteiger partial charge is 0.404 e.